The van der Waals surface area contributed by atoms with Crippen molar-refractivity contribution in [2.75, 3.05) is 13.2 Å². The molecule has 4 rings (SSSR count). The SMILES string of the molecule is O=C1C([C@H]2O[C@H](CO)[C@@H](O)[C@H](O)[C@H]2O)=C(O)/C(=C(O)/C=C/c2ccc(O)cc2)C(=O)[C@@]1(O)[C@@H]1O[C@H](CO)[C@@H](O)[C@H](O)[C@H]1O. The Morgan fingerprint density at radius 2 is 1.30 bits per heavy atom. The number of carbonyl (C=O) groups excluding carboxylic acids is 2. The summed E-state index contributed by atoms with van der Waals surface area (Å²) in [5.74, 6) is -6.12. The summed E-state index contributed by atoms with van der Waals surface area (Å²) in [6, 6.07) is 5.38. The quantitative estimate of drug-likeness (QED) is 0.0820. The lowest BCUT2D eigenvalue weighted by atomic mass is 9.69. The second kappa shape index (κ2) is 12.4. The standard InChI is InChI=1S/C27H32O16/c28-7-12-16(32)19(35)21(37)23(42-12)15-18(34)14(11(31)6-3-9-1-4-10(30)5-2-9)24(39)27(41,25(15)40)26-22(38)20(36)17(33)13(8-29)43-26/h1-6,12-13,16-17,19-23,26,28-38,41H,7-8H2/b6-3+,14-11+/t12-,13-,16-,17-,19+,20+,21-,22-,23-,26-,27+/m1/s1. The molecule has 0 radical (unpaired) electrons. The summed E-state index contributed by atoms with van der Waals surface area (Å²) in [4.78, 5) is 27.6. The number of Topliss-reactive ketones (excluding diaryl/α,β-unsaturated/α-hetero) is 2. The number of carbonyl (C=O) groups is 2. The summed E-state index contributed by atoms with van der Waals surface area (Å²) in [7, 11) is 0. The van der Waals surface area contributed by atoms with Gasteiger partial charge in [0.2, 0.25) is 17.2 Å². The number of hydrogen-bond donors (Lipinski definition) is 12. The molecule has 2 fully saturated rings. The van der Waals surface area contributed by atoms with Gasteiger partial charge in [0, 0.05) is 0 Å². The number of aliphatic hydroxyl groups excluding tert-OH is 10. The molecule has 11 atom stereocenters. The number of rotatable bonds is 6. The second-order valence-electron chi connectivity index (χ2n) is 10.4. The fourth-order valence-corrected chi connectivity index (χ4v) is 5.24. The second-order valence-corrected chi connectivity index (χ2v) is 10.4. The predicted octanol–water partition coefficient (Wildman–Crippen LogP) is -4.40. The minimum Gasteiger partial charge on any atom is -0.508 e. The van der Waals surface area contributed by atoms with Gasteiger partial charge in [0.05, 0.1) is 18.8 Å². The normalized spacial score (nSPS) is 40.3. The zero-order valence-electron chi connectivity index (χ0n) is 22.2. The van der Waals surface area contributed by atoms with Gasteiger partial charge in [-0.1, -0.05) is 18.2 Å². The van der Waals surface area contributed by atoms with Crippen molar-refractivity contribution in [3.8, 4) is 5.75 Å². The van der Waals surface area contributed by atoms with Crippen molar-refractivity contribution in [3.05, 3.63) is 58.6 Å². The van der Waals surface area contributed by atoms with E-state index in [1.54, 1.807) is 0 Å². The third kappa shape index (κ3) is 5.47. The zero-order chi connectivity index (χ0) is 32.0. The van der Waals surface area contributed by atoms with Crippen molar-refractivity contribution < 1.29 is 80.3 Å². The molecule has 1 aromatic carbocycles. The van der Waals surface area contributed by atoms with E-state index in [1.807, 2.05) is 0 Å². The molecular weight excluding hydrogens is 580 g/mol. The zero-order valence-corrected chi connectivity index (χ0v) is 22.2. The molecule has 1 aliphatic carbocycles. The summed E-state index contributed by atoms with van der Waals surface area (Å²) in [5, 5.41) is 125. The fraction of sp³-hybridized carbons (Fsp3) is 0.481. The molecule has 2 saturated heterocycles. The van der Waals surface area contributed by atoms with Crippen molar-refractivity contribution in [1.82, 2.24) is 0 Å². The number of allylic oxidation sites excluding steroid dienone is 2. The maximum atomic E-state index is 13.9. The summed E-state index contributed by atoms with van der Waals surface area (Å²) < 4.78 is 10.6. The van der Waals surface area contributed by atoms with E-state index in [0.29, 0.717) is 5.56 Å². The first kappa shape index (κ1) is 32.6. The molecule has 1 aromatic rings. The molecule has 43 heavy (non-hydrogen) atoms. The highest BCUT2D eigenvalue weighted by atomic mass is 16.6. The van der Waals surface area contributed by atoms with Crippen molar-refractivity contribution in [2.24, 2.45) is 0 Å². The average molecular weight is 613 g/mol. The third-order valence-corrected chi connectivity index (χ3v) is 7.72. The highest BCUT2D eigenvalue weighted by Gasteiger charge is 2.65. The monoisotopic (exact) mass is 612 g/mol. The average Bonchev–Trinajstić information content (AvgIpc) is 2.98. The Hall–Kier alpha value is -3.26. The molecule has 2 heterocycles. The van der Waals surface area contributed by atoms with E-state index < -0.39 is 114 Å². The lowest BCUT2D eigenvalue weighted by molar-refractivity contribution is -0.261. The third-order valence-electron chi connectivity index (χ3n) is 7.72. The summed E-state index contributed by atoms with van der Waals surface area (Å²) in [6.45, 7) is -1.99. The molecule has 0 saturated carbocycles. The van der Waals surface area contributed by atoms with Crippen LogP contribution in [0.2, 0.25) is 0 Å². The molecular formula is C27H32O16. The van der Waals surface area contributed by atoms with Crippen LogP contribution in [0.4, 0.5) is 0 Å². The summed E-state index contributed by atoms with van der Waals surface area (Å²) in [5.41, 5.74) is -5.62. The van der Waals surface area contributed by atoms with Crippen LogP contribution in [0.25, 0.3) is 6.08 Å². The Balaban J connectivity index is 1.92. The molecule has 12 N–H and O–H groups in total. The van der Waals surface area contributed by atoms with Crippen LogP contribution in [0.1, 0.15) is 5.56 Å². The molecule has 236 valence electrons. The first-order valence-corrected chi connectivity index (χ1v) is 13.0. The van der Waals surface area contributed by atoms with Gasteiger partial charge >= 0.3 is 0 Å². The number of phenols is 1. The molecule has 0 spiro atoms. The largest absolute Gasteiger partial charge is 0.508 e. The van der Waals surface area contributed by atoms with Gasteiger partial charge in [0.1, 0.15) is 83.9 Å². The van der Waals surface area contributed by atoms with Gasteiger partial charge < -0.3 is 70.8 Å². The van der Waals surface area contributed by atoms with E-state index in [0.717, 1.165) is 6.08 Å². The van der Waals surface area contributed by atoms with Crippen LogP contribution in [0.3, 0.4) is 0 Å². The maximum absolute atomic E-state index is 13.9. The molecule has 2 aliphatic heterocycles. The fourth-order valence-electron chi connectivity index (χ4n) is 5.24. The van der Waals surface area contributed by atoms with Crippen molar-refractivity contribution in [1.29, 1.82) is 0 Å². The van der Waals surface area contributed by atoms with Gasteiger partial charge in [-0.05, 0) is 23.8 Å². The highest BCUT2D eigenvalue weighted by Crippen LogP contribution is 2.42. The number of ether oxygens (including phenoxy) is 2. The number of aliphatic hydroxyl groups is 11. The van der Waals surface area contributed by atoms with E-state index in [1.165, 1.54) is 30.3 Å². The van der Waals surface area contributed by atoms with Crippen molar-refractivity contribution in [2.45, 2.75) is 66.6 Å². The first-order chi connectivity index (χ1) is 20.2. The number of aromatic hydroxyl groups is 1. The number of benzene rings is 1. The molecule has 0 amide bonds. The Bertz CT molecular complexity index is 1320. The smallest absolute Gasteiger partial charge is 0.219 e. The minimum atomic E-state index is -3.63. The Morgan fingerprint density at radius 3 is 1.86 bits per heavy atom. The first-order valence-electron chi connectivity index (χ1n) is 13.0. The number of ketones is 2. The van der Waals surface area contributed by atoms with Gasteiger partial charge in [-0.2, -0.15) is 0 Å². The van der Waals surface area contributed by atoms with Gasteiger partial charge in [-0.25, -0.2) is 0 Å². The topological polar surface area (TPSA) is 295 Å². The van der Waals surface area contributed by atoms with Crippen LogP contribution in [0.5, 0.6) is 5.75 Å². The Morgan fingerprint density at radius 1 is 0.767 bits per heavy atom. The maximum Gasteiger partial charge on any atom is 0.219 e. The van der Waals surface area contributed by atoms with Gasteiger partial charge in [-0.15, -0.1) is 0 Å². The van der Waals surface area contributed by atoms with E-state index in [-0.39, 0.29) is 5.75 Å². The van der Waals surface area contributed by atoms with E-state index in [9.17, 15) is 70.9 Å². The number of phenolic OH excluding ortho intramolecular Hbond substituents is 1. The van der Waals surface area contributed by atoms with Crippen LogP contribution < -0.4 is 0 Å². The number of hydrogen-bond acceptors (Lipinski definition) is 16. The van der Waals surface area contributed by atoms with Crippen molar-refractivity contribution in [3.63, 3.8) is 0 Å². The molecule has 16 nitrogen and oxygen atoms in total. The lowest BCUT2D eigenvalue weighted by Gasteiger charge is -2.48. The minimum absolute atomic E-state index is 0.0879. The highest BCUT2D eigenvalue weighted by molar-refractivity contribution is 6.28. The molecule has 0 aromatic heterocycles. The summed E-state index contributed by atoms with van der Waals surface area (Å²) in [6.07, 6.45) is -18.7. The molecule has 0 bridgehead atoms. The van der Waals surface area contributed by atoms with Crippen LogP contribution in [0.15, 0.2) is 53.0 Å². The summed E-state index contributed by atoms with van der Waals surface area (Å²) >= 11 is 0. The Labute approximate surface area is 242 Å². The van der Waals surface area contributed by atoms with Crippen LogP contribution in [0, 0.1) is 0 Å². The lowest BCUT2D eigenvalue weighted by Crippen LogP contribution is -2.72. The van der Waals surface area contributed by atoms with Gasteiger partial charge in [0.15, 0.2) is 0 Å². The van der Waals surface area contributed by atoms with E-state index in [4.69, 9.17) is 9.47 Å². The van der Waals surface area contributed by atoms with Gasteiger partial charge in [0.25, 0.3) is 0 Å². The molecule has 3 aliphatic rings. The van der Waals surface area contributed by atoms with Gasteiger partial charge in [-0.3, -0.25) is 9.59 Å². The Kier molecular flexibility index (Phi) is 9.41. The molecule has 16 heteroatoms. The molecule has 0 unspecified atom stereocenters. The van der Waals surface area contributed by atoms with Crippen LogP contribution >= 0.6 is 0 Å². The van der Waals surface area contributed by atoms with E-state index >= 15 is 0 Å². The van der Waals surface area contributed by atoms with Crippen LogP contribution in [-0.4, -0.2) is 153 Å². The predicted molar refractivity (Wildman–Crippen MR) is 139 cm³/mol. The van der Waals surface area contributed by atoms with Crippen LogP contribution in [-0.2, 0) is 19.1 Å². The van der Waals surface area contributed by atoms with Crippen molar-refractivity contribution >= 4 is 17.6 Å². The van der Waals surface area contributed by atoms with E-state index in [2.05, 4.69) is 0 Å².